The van der Waals surface area contributed by atoms with Crippen LogP contribution in [0.3, 0.4) is 0 Å². The van der Waals surface area contributed by atoms with Gasteiger partial charge in [0.1, 0.15) is 5.75 Å². The molecule has 2 rings (SSSR count). The highest BCUT2D eigenvalue weighted by Gasteiger charge is 2.12. The molecule has 1 atom stereocenters. The van der Waals surface area contributed by atoms with Crippen molar-refractivity contribution in [3.63, 3.8) is 0 Å². The lowest BCUT2D eigenvalue weighted by Gasteiger charge is -2.15. The molecule has 0 aliphatic rings. The van der Waals surface area contributed by atoms with Crippen molar-refractivity contribution in [2.24, 2.45) is 5.84 Å². The van der Waals surface area contributed by atoms with Crippen LogP contribution < -0.4 is 16.0 Å². The summed E-state index contributed by atoms with van der Waals surface area (Å²) < 4.78 is 5.21. The molecule has 1 unspecified atom stereocenters. The van der Waals surface area contributed by atoms with Crippen LogP contribution in [0, 0.1) is 6.92 Å². The molecule has 1 aromatic carbocycles. The fourth-order valence-electron chi connectivity index (χ4n) is 1.87. The molecule has 0 aliphatic carbocycles. The molecule has 0 saturated heterocycles. The van der Waals surface area contributed by atoms with E-state index in [4.69, 9.17) is 10.6 Å². The number of hydrazine groups is 1. The second-order valence-electron chi connectivity index (χ2n) is 4.36. The Bertz CT molecular complexity index is 527. The van der Waals surface area contributed by atoms with E-state index in [2.05, 4.69) is 15.4 Å². The van der Waals surface area contributed by atoms with Gasteiger partial charge in [0.05, 0.1) is 30.7 Å². The number of methoxy groups -OCH3 is 1. The number of hydrogen-bond acceptors (Lipinski definition) is 5. The van der Waals surface area contributed by atoms with Crippen LogP contribution in [0.5, 0.6) is 5.75 Å². The van der Waals surface area contributed by atoms with Gasteiger partial charge in [-0.1, -0.05) is 12.1 Å². The summed E-state index contributed by atoms with van der Waals surface area (Å²) in [5.74, 6) is 6.45. The smallest absolute Gasteiger partial charge is 0.119 e. The minimum absolute atomic E-state index is 0.0693. The molecule has 0 radical (unpaired) electrons. The summed E-state index contributed by atoms with van der Waals surface area (Å²) in [6, 6.07) is 7.84. The molecular formula is C14H18N4O. The van der Waals surface area contributed by atoms with E-state index in [-0.39, 0.29) is 6.04 Å². The van der Waals surface area contributed by atoms with Crippen LogP contribution in [0.15, 0.2) is 36.7 Å². The normalized spacial score (nSPS) is 12.2. The Balaban J connectivity index is 2.16. The zero-order chi connectivity index (χ0) is 13.7. The molecule has 0 fully saturated rings. The fraction of sp³-hybridized carbons (Fsp3) is 0.286. The lowest BCUT2D eigenvalue weighted by Crippen LogP contribution is -2.30. The van der Waals surface area contributed by atoms with Gasteiger partial charge in [-0.3, -0.25) is 21.2 Å². The van der Waals surface area contributed by atoms with Gasteiger partial charge in [0, 0.05) is 6.20 Å². The summed E-state index contributed by atoms with van der Waals surface area (Å²) in [5, 5.41) is 0. The predicted molar refractivity (Wildman–Crippen MR) is 73.5 cm³/mol. The van der Waals surface area contributed by atoms with Gasteiger partial charge in [-0.05, 0) is 31.0 Å². The van der Waals surface area contributed by atoms with Crippen LogP contribution in [-0.2, 0) is 6.42 Å². The molecule has 0 saturated carbocycles. The lowest BCUT2D eigenvalue weighted by molar-refractivity contribution is 0.413. The van der Waals surface area contributed by atoms with E-state index in [0.29, 0.717) is 0 Å². The summed E-state index contributed by atoms with van der Waals surface area (Å²) >= 11 is 0. The number of ether oxygens (including phenoxy) is 1. The van der Waals surface area contributed by atoms with Crippen LogP contribution in [0.25, 0.3) is 0 Å². The monoisotopic (exact) mass is 258 g/mol. The SMILES string of the molecule is COc1cccc(CC(NN)c2cnc(C)cn2)c1. The minimum atomic E-state index is -0.0693. The summed E-state index contributed by atoms with van der Waals surface area (Å²) in [4.78, 5) is 8.59. The molecule has 0 aliphatic heterocycles. The zero-order valence-electron chi connectivity index (χ0n) is 11.1. The highest BCUT2D eigenvalue weighted by atomic mass is 16.5. The van der Waals surface area contributed by atoms with Gasteiger partial charge in [-0.25, -0.2) is 0 Å². The summed E-state index contributed by atoms with van der Waals surface area (Å²) in [6.07, 6.45) is 4.22. The third kappa shape index (κ3) is 3.49. The molecular weight excluding hydrogens is 240 g/mol. The van der Waals surface area contributed by atoms with Gasteiger partial charge in [0.15, 0.2) is 0 Å². The van der Waals surface area contributed by atoms with E-state index in [1.54, 1.807) is 19.5 Å². The molecule has 1 heterocycles. The van der Waals surface area contributed by atoms with E-state index in [1.165, 1.54) is 0 Å². The van der Waals surface area contributed by atoms with Crippen LogP contribution >= 0.6 is 0 Å². The Morgan fingerprint density at radius 2 is 2.16 bits per heavy atom. The fourth-order valence-corrected chi connectivity index (χ4v) is 1.87. The van der Waals surface area contributed by atoms with Crippen molar-refractivity contribution >= 4 is 0 Å². The first-order chi connectivity index (χ1) is 9.22. The Labute approximate surface area is 112 Å². The second-order valence-corrected chi connectivity index (χ2v) is 4.36. The van der Waals surface area contributed by atoms with E-state index < -0.39 is 0 Å². The molecule has 0 spiro atoms. The summed E-state index contributed by atoms with van der Waals surface area (Å²) in [7, 11) is 1.66. The predicted octanol–water partition coefficient (Wildman–Crippen LogP) is 1.54. The molecule has 100 valence electrons. The second kappa shape index (κ2) is 6.26. The number of nitrogens with one attached hydrogen (secondary N) is 1. The highest BCUT2D eigenvalue weighted by molar-refractivity contribution is 5.29. The van der Waals surface area contributed by atoms with Crippen molar-refractivity contribution in [3.8, 4) is 5.75 Å². The maximum absolute atomic E-state index is 5.61. The molecule has 0 amide bonds. The van der Waals surface area contributed by atoms with Gasteiger partial charge in [0.25, 0.3) is 0 Å². The van der Waals surface area contributed by atoms with Gasteiger partial charge in [-0.2, -0.15) is 0 Å². The number of nitrogens with two attached hydrogens (primary N) is 1. The zero-order valence-corrected chi connectivity index (χ0v) is 11.1. The largest absolute Gasteiger partial charge is 0.497 e. The Hall–Kier alpha value is -1.98. The highest BCUT2D eigenvalue weighted by Crippen LogP contribution is 2.19. The van der Waals surface area contributed by atoms with Crippen molar-refractivity contribution in [2.75, 3.05) is 7.11 Å². The Morgan fingerprint density at radius 1 is 1.32 bits per heavy atom. The first kappa shape index (κ1) is 13.5. The molecule has 5 heteroatoms. The average Bonchev–Trinajstić information content (AvgIpc) is 2.46. The van der Waals surface area contributed by atoms with Gasteiger partial charge >= 0.3 is 0 Å². The first-order valence-corrected chi connectivity index (χ1v) is 6.10. The number of benzene rings is 1. The average molecular weight is 258 g/mol. The third-order valence-corrected chi connectivity index (χ3v) is 2.93. The third-order valence-electron chi connectivity index (χ3n) is 2.93. The summed E-state index contributed by atoms with van der Waals surface area (Å²) in [6.45, 7) is 1.91. The van der Waals surface area contributed by atoms with E-state index in [1.807, 2.05) is 31.2 Å². The van der Waals surface area contributed by atoms with E-state index in [9.17, 15) is 0 Å². The number of aromatic nitrogens is 2. The van der Waals surface area contributed by atoms with Crippen LogP contribution in [-0.4, -0.2) is 17.1 Å². The van der Waals surface area contributed by atoms with Crippen molar-refractivity contribution < 1.29 is 4.74 Å². The van der Waals surface area contributed by atoms with Gasteiger partial charge in [-0.15, -0.1) is 0 Å². The topological polar surface area (TPSA) is 73.1 Å². The summed E-state index contributed by atoms with van der Waals surface area (Å²) in [5.41, 5.74) is 5.63. The van der Waals surface area contributed by atoms with Crippen molar-refractivity contribution in [2.45, 2.75) is 19.4 Å². The van der Waals surface area contributed by atoms with Crippen molar-refractivity contribution in [1.29, 1.82) is 0 Å². The maximum atomic E-state index is 5.61. The number of nitrogens with zero attached hydrogens (tertiary/aromatic N) is 2. The van der Waals surface area contributed by atoms with Crippen LogP contribution in [0.1, 0.15) is 23.0 Å². The van der Waals surface area contributed by atoms with Crippen LogP contribution in [0.4, 0.5) is 0 Å². The first-order valence-electron chi connectivity index (χ1n) is 6.10. The van der Waals surface area contributed by atoms with E-state index >= 15 is 0 Å². The number of hydrogen-bond donors (Lipinski definition) is 2. The maximum Gasteiger partial charge on any atom is 0.119 e. The van der Waals surface area contributed by atoms with E-state index in [0.717, 1.165) is 29.1 Å². The van der Waals surface area contributed by atoms with Crippen molar-refractivity contribution in [3.05, 3.63) is 53.6 Å². The van der Waals surface area contributed by atoms with Gasteiger partial charge in [0.2, 0.25) is 0 Å². The lowest BCUT2D eigenvalue weighted by atomic mass is 10.0. The quantitative estimate of drug-likeness (QED) is 0.628. The van der Waals surface area contributed by atoms with Crippen LogP contribution in [0.2, 0.25) is 0 Å². The molecule has 2 aromatic rings. The Kier molecular flexibility index (Phi) is 4.43. The number of aryl methyl sites for hydroxylation is 1. The number of rotatable bonds is 5. The molecule has 5 nitrogen and oxygen atoms in total. The molecule has 19 heavy (non-hydrogen) atoms. The standard InChI is InChI=1S/C14H18N4O/c1-10-8-17-14(9-16-10)13(18-15)7-11-4-3-5-12(6-11)19-2/h3-6,8-9,13,18H,7,15H2,1-2H3. The Morgan fingerprint density at radius 3 is 2.79 bits per heavy atom. The molecule has 1 aromatic heterocycles. The minimum Gasteiger partial charge on any atom is -0.497 e. The van der Waals surface area contributed by atoms with Gasteiger partial charge < -0.3 is 4.74 Å². The van der Waals surface area contributed by atoms with Crippen molar-refractivity contribution in [1.82, 2.24) is 15.4 Å². The molecule has 0 bridgehead atoms. The molecule has 3 N–H and O–H groups in total.